The number of nitrogens with one attached hydrogen (secondary N) is 2. The van der Waals surface area contributed by atoms with Gasteiger partial charge in [0.15, 0.2) is 11.7 Å². The molecule has 0 radical (unpaired) electrons. The number of alkyl halides is 3. The Morgan fingerprint density at radius 3 is 2.56 bits per heavy atom. The average Bonchev–Trinajstić information content (AvgIpc) is 2.98. The van der Waals surface area contributed by atoms with Gasteiger partial charge in [0.1, 0.15) is 11.6 Å². The van der Waals surface area contributed by atoms with Crippen LogP contribution in [0.2, 0.25) is 0 Å². The van der Waals surface area contributed by atoms with E-state index in [4.69, 9.17) is 0 Å². The fourth-order valence-electron chi connectivity index (χ4n) is 1.46. The van der Waals surface area contributed by atoms with Gasteiger partial charge in [0, 0.05) is 25.5 Å². The largest absolute Gasteiger partial charge is 0.434 e. The fourth-order valence-corrected chi connectivity index (χ4v) is 2.20. The standard InChI is InChI=1S/C14H22F3N5OS.HI/c1-5-9(2)20-13(19-7-12(23)22(3)4)18-6-11-21-10(8-24-11)14(15,16)17;/h8-9H,5-7H2,1-4H3,(H2,18,19,20);1H. The summed E-state index contributed by atoms with van der Waals surface area (Å²) in [7, 11) is 3.25. The van der Waals surface area contributed by atoms with Crippen molar-refractivity contribution in [3.8, 4) is 0 Å². The molecule has 0 spiro atoms. The Balaban J connectivity index is 0.00000576. The van der Waals surface area contributed by atoms with Crippen molar-refractivity contribution in [3.63, 3.8) is 0 Å². The van der Waals surface area contributed by atoms with E-state index in [-0.39, 0.29) is 49.0 Å². The molecule has 144 valence electrons. The van der Waals surface area contributed by atoms with Crippen LogP contribution in [0.15, 0.2) is 10.4 Å². The maximum Gasteiger partial charge on any atom is 0.434 e. The highest BCUT2D eigenvalue weighted by Crippen LogP contribution is 2.29. The summed E-state index contributed by atoms with van der Waals surface area (Å²) in [6.07, 6.45) is -3.61. The highest BCUT2D eigenvalue weighted by Gasteiger charge is 2.33. The minimum absolute atomic E-state index is 0. The zero-order chi connectivity index (χ0) is 18.3. The molecule has 1 aromatic rings. The zero-order valence-electron chi connectivity index (χ0n) is 14.5. The van der Waals surface area contributed by atoms with Crippen LogP contribution in [0.5, 0.6) is 0 Å². The van der Waals surface area contributed by atoms with Gasteiger partial charge in [0.25, 0.3) is 0 Å². The van der Waals surface area contributed by atoms with Gasteiger partial charge in [-0.2, -0.15) is 13.2 Å². The molecule has 1 amide bonds. The third kappa shape index (κ3) is 8.70. The number of aliphatic imine (C=N–C) groups is 1. The first kappa shape index (κ1) is 23.9. The van der Waals surface area contributed by atoms with Crippen molar-refractivity contribution in [2.75, 3.05) is 20.6 Å². The number of halogens is 4. The van der Waals surface area contributed by atoms with E-state index in [1.54, 1.807) is 14.1 Å². The molecule has 11 heteroatoms. The number of guanidine groups is 1. The maximum absolute atomic E-state index is 12.5. The number of carbonyl (C=O) groups is 1. The van der Waals surface area contributed by atoms with Crippen LogP contribution >= 0.6 is 35.3 Å². The minimum Gasteiger partial charge on any atom is -0.354 e. The van der Waals surface area contributed by atoms with Gasteiger partial charge in [0.2, 0.25) is 5.91 Å². The number of thiazole rings is 1. The van der Waals surface area contributed by atoms with Gasteiger partial charge in [-0.15, -0.1) is 35.3 Å². The maximum atomic E-state index is 12.5. The molecule has 1 unspecified atom stereocenters. The normalized spacial score (nSPS) is 13.0. The summed E-state index contributed by atoms with van der Waals surface area (Å²) < 4.78 is 37.6. The van der Waals surface area contributed by atoms with E-state index in [1.807, 2.05) is 13.8 Å². The van der Waals surface area contributed by atoms with E-state index in [1.165, 1.54) is 4.90 Å². The van der Waals surface area contributed by atoms with Crippen molar-refractivity contribution in [2.24, 2.45) is 4.99 Å². The number of likely N-dealkylation sites (N-methyl/N-ethyl adjacent to an activating group) is 1. The molecule has 1 heterocycles. The molecule has 0 aromatic carbocycles. The summed E-state index contributed by atoms with van der Waals surface area (Å²) in [6, 6.07) is 0.104. The van der Waals surface area contributed by atoms with E-state index in [9.17, 15) is 18.0 Å². The molecular weight excluding hydrogens is 470 g/mol. The fraction of sp³-hybridized carbons (Fsp3) is 0.643. The van der Waals surface area contributed by atoms with E-state index < -0.39 is 11.9 Å². The van der Waals surface area contributed by atoms with Crippen molar-refractivity contribution < 1.29 is 18.0 Å². The number of carbonyl (C=O) groups excluding carboxylic acids is 1. The lowest BCUT2D eigenvalue weighted by atomic mass is 10.3. The highest BCUT2D eigenvalue weighted by molar-refractivity contribution is 14.0. The third-order valence-electron chi connectivity index (χ3n) is 3.12. The summed E-state index contributed by atoms with van der Waals surface area (Å²) >= 11 is 0.921. The Bertz CT molecular complexity index is 577. The molecule has 0 aliphatic heterocycles. The van der Waals surface area contributed by atoms with Crippen LogP contribution in [0.25, 0.3) is 0 Å². The molecule has 25 heavy (non-hydrogen) atoms. The molecule has 0 saturated carbocycles. The zero-order valence-corrected chi connectivity index (χ0v) is 17.6. The number of aromatic nitrogens is 1. The summed E-state index contributed by atoms with van der Waals surface area (Å²) in [5.74, 6) is 0.192. The third-order valence-corrected chi connectivity index (χ3v) is 3.96. The van der Waals surface area contributed by atoms with Gasteiger partial charge < -0.3 is 15.5 Å². The van der Waals surface area contributed by atoms with Crippen LogP contribution in [0.3, 0.4) is 0 Å². The SMILES string of the molecule is CCC(C)NC(=NCC(=O)N(C)C)NCc1nc(C(F)(F)F)cs1.I. The monoisotopic (exact) mass is 493 g/mol. The van der Waals surface area contributed by atoms with Gasteiger partial charge in [-0.05, 0) is 13.3 Å². The first-order valence-electron chi connectivity index (χ1n) is 7.40. The van der Waals surface area contributed by atoms with Crippen LogP contribution in [-0.4, -0.2) is 48.4 Å². The topological polar surface area (TPSA) is 69.6 Å². The minimum atomic E-state index is -4.45. The predicted molar refractivity (Wildman–Crippen MR) is 103 cm³/mol. The van der Waals surface area contributed by atoms with Crippen LogP contribution < -0.4 is 10.6 Å². The molecule has 1 rings (SSSR count). The Morgan fingerprint density at radius 2 is 2.08 bits per heavy atom. The second-order valence-electron chi connectivity index (χ2n) is 5.38. The predicted octanol–water partition coefficient (Wildman–Crippen LogP) is 2.70. The molecule has 6 nitrogen and oxygen atoms in total. The van der Waals surface area contributed by atoms with Crippen molar-refractivity contribution in [1.82, 2.24) is 20.5 Å². The number of rotatable bonds is 6. The number of hydrogen-bond donors (Lipinski definition) is 2. The molecule has 0 fully saturated rings. The van der Waals surface area contributed by atoms with E-state index in [0.717, 1.165) is 23.1 Å². The summed E-state index contributed by atoms with van der Waals surface area (Å²) in [5, 5.41) is 7.27. The molecule has 2 N–H and O–H groups in total. The molecular formula is C14H23F3IN5OS. The van der Waals surface area contributed by atoms with Gasteiger partial charge in [-0.25, -0.2) is 9.98 Å². The highest BCUT2D eigenvalue weighted by atomic mass is 127. The van der Waals surface area contributed by atoms with Crippen LogP contribution in [0.4, 0.5) is 13.2 Å². The lowest BCUT2D eigenvalue weighted by Crippen LogP contribution is -2.42. The van der Waals surface area contributed by atoms with Crippen molar-refractivity contribution in [2.45, 2.75) is 39.0 Å². The Morgan fingerprint density at radius 1 is 1.44 bits per heavy atom. The lowest BCUT2D eigenvalue weighted by molar-refractivity contribution is -0.140. The van der Waals surface area contributed by atoms with E-state index in [2.05, 4.69) is 20.6 Å². The van der Waals surface area contributed by atoms with Gasteiger partial charge in [-0.3, -0.25) is 4.79 Å². The first-order valence-corrected chi connectivity index (χ1v) is 8.28. The molecule has 0 aliphatic carbocycles. The van der Waals surface area contributed by atoms with Crippen molar-refractivity contribution in [1.29, 1.82) is 0 Å². The van der Waals surface area contributed by atoms with E-state index >= 15 is 0 Å². The second kappa shape index (κ2) is 10.8. The quantitative estimate of drug-likeness (QED) is 0.364. The van der Waals surface area contributed by atoms with Gasteiger partial charge in [-0.1, -0.05) is 6.92 Å². The van der Waals surface area contributed by atoms with Crippen LogP contribution in [-0.2, 0) is 17.5 Å². The summed E-state index contributed by atoms with van der Waals surface area (Å²) in [5.41, 5.74) is -0.902. The number of nitrogens with zero attached hydrogens (tertiary/aromatic N) is 3. The molecule has 1 atom stereocenters. The number of amides is 1. The summed E-state index contributed by atoms with van der Waals surface area (Å²) in [6.45, 7) is 3.97. The van der Waals surface area contributed by atoms with Gasteiger partial charge >= 0.3 is 6.18 Å². The van der Waals surface area contributed by atoms with Crippen LogP contribution in [0, 0.1) is 0 Å². The molecule has 0 saturated heterocycles. The van der Waals surface area contributed by atoms with Gasteiger partial charge in [0.05, 0.1) is 6.54 Å². The molecule has 1 aromatic heterocycles. The Labute approximate surface area is 166 Å². The number of hydrogen-bond acceptors (Lipinski definition) is 4. The smallest absolute Gasteiger partial charge is 0.354 e. The van der Waals surface area contributed by atoms with Crippen LogP contribution in [0.1, 0.15) is 31.0 Å². The van der Waals surface area contributed by atoms with Crippen molar-refractivity contribution >= 4 is 47.2 Å². The second-order valence-corrected chi connectivity index (χ2v) is 6.33. The Hall–Kier alpha value is -1.11. The molecule has 0 bridgehead atoms. The lowest BCUT2D eigenvalue weighted by Gasteiger charge is -2.17. The van der Waals surface area contributed by atoms with E-state index in [0.29, 0.717) is 11.0 Å². The first-order chi connectivity index (χ1) is 11.1. The van der Waals surface area contributed by atoms with Crippen molar-refractivity contribution in [3.05, 3.63) is 16.1 Å². The average molecular weight is 493 g/mol. The Kier molecular flexibility index (Phi) is 10.3. The summed E-state index contributed by atoms with van der Waals surface area (Å²) in [4.78, 5) is 20.7. The molecule has 0 aliphatic rings.